The van der Waals surface area contributed by atoms with Gasteiger partial charge in [0.25, 0.3) is 0 Å². The molecule has 146 valence electrons. The van der Waals surface area contributed by atoms with Crippen LogP contribution in [0.5, 0.6) is 0 Å². The summed E-state index contributed by atoms with van der Waals surface area (Å²) < 4.78 is 11.6. The van der Waals surface area contributed by atoms with Gasteiger partial charge in [-0.15, -0.1) is 0 Å². The van der Waals surface area contributed by atoms with Crippen LogP contribution in [-0.2, 0) is 18.9 Å². The first-order valence-corrected chi connectivity index (χ1v) is 12.6. The van der Waals surface area contributed by atoms with Crippen molar-refractivity contribution < 1.29 is 18.9 Å². The zero-order valence-corrected chi connectivity index (χ0v) is 17.4. The van der Waals surface area contributed by atoms with E-state index in [-0.39, 0.29) is 43.0 Å². The van der Waals surface area contributed by atoms with Crippen molar-refractivity contribution in [1.29, 1.82) is 0 Å². The number of carbonyl (C=O) groups excluding carboxylic acids is 3. The van der Waals surface area contributed by atoms with Crippen LogP contribution in [0.4, 0.5) is 0 Å². The van der Waals surface area contributed by atoms with Crippen molar-refractivity contribution in [3.8, 4) is 0 Å². The second-order valence-corrected chi connectivity index (χ2v) is 11.1. The third-order valence-electron chi connectivity index (χ3n) is 4.35. The predicted molar refractivity (Wildman–Crippen MR) is 105 cm³/mol. The van der Waals surface area contributed by atoms with E-state index < -0.39 is 7.14 Å². The average Bonchev–Trinajstić information content (AvgIpc) is 2.54. The lowest BCUT2D eigenvalue weighted by Crippen LogP contribution is -2.08. The van der Waals surface area contributed by atoms with Crippen LogP contribution in [0.3, 0.4) is 0 Å². The fourth-order valence-electron chi connectivity index (χ4n) is 2.61. The molecule has 0 aromatic heterocycles. The molecule has 0 N–H and O–H groups in total. The van der Waals surface area contributed by atoms with Crippen LogP contribution in [0.2, 0.25) is 0 Å². The molecule has 0 rings (SSSR count). The van der Waals surface area contributed by atoms with Gasteiger partial charge in [-0.25, -0.2) is 0 Å². The Balaban J connectivity index is 3.62. The van der Waals surface area contributed by atoms with Gasteiger partial charge in [0.1, 0.15) is 17.3 Å². The highest BCUT2D eigenvalue weighted by molar-refractivity contribution is 7.62. The largest absolute Gasteiger partial charge is 0.324 e. The number of unbranched alkanes of at least 4 members (excludes halogenated alkanes) is 6. The summed E-state index contributed by atoms with van der Waals surface area (Å²) in [5.41, 5.74) is 0. The second-order valence-electron chi connectivity index (χ2n) is 7.53. The van der Waals surface area contributed by atoms with Crippen LogP contribution in [0.15, 0.2) is 0 Å². The molecule has 0 unspecified atom stereocenters. The van der Waals surface area contributed by atoms with E-state index in [1.54, 1.807) is 13.3 Å². The van der Waals surface area contributed by atoms with Crippen LogP contribution in [0.1, 0.15) is 90.4 Å². The highest BCUT2D eigenvalue weighted by atomic mass is 31.2. The smallest absolute Gasteiger partial charge is 0.133 e. The second kappa shape index (κ2) is 14.4. The highest BCUT2D eigenvalue weighted by Crippen LogP contribution is 2.36. The fourth-order valence-corrected chi connectivity index (χ4v) is 3.39. The minimum atomic E-state index is -2.17. The van der Waals surface area contributed by atoms with Crippen molar-refractivity contribution in [1.82, 2.24) is 0 Å². The molecular formula is C20H37O4P. The maximum absolute atomic E-state index is 11.8. The molecule has 5 heteroatoms. The Bertz CT molecular complexity index is 451. The van der Waals surface area contributed by atoms with Crippen LogP contribution >= 0.6 is 7.14 Å². The standard InChI is InChI=1S/C20H37O4P/c1-4-5-6-7-8-9-10-11-18(21)12-13-19(22)14-15-20(23)16-17-25(2,3)24/h4-17H2,1-3H3. The molecule has 0 aromatic carbocycles. The molecule has 0 fully saturated rings. The Morgan fingerprint density at radius 2 is 1.00 bits per heavy atom. The Hall–Kier alpha value is -0.760. The van der Waals surface area contributed by atoms with Crippen molar-refractivity contribution in [2.24, 2.45) is 0 Å². The normalized spacial score (nSPS) is 11.5. The first-order chi connectivity index (χ1) is 11.7. The van der Waals surface area contributed by atoms with Gasteiger partial charge in [-0.1, -0.05) is 45.4 Å². The van der Waals surface area contributed by atoms with Crippen molar-refractivity contribution in [2.75, 3.05) is 19.5 Å². The van der Waals surface area contributed by atoms with E-state index >= 15 is 0 Å². The Morgan fingerprint density at radius 1 is 0.600 bits per heavy atom. The number of rotatable bonds is 17. The van der Waals surface area contributed by atoms with Crippen LogP contribution in [0, 0.1) is 0 Å². The van der Waals surface area contributed by atoms with E-state index in [1.807, 2.05) is 0 Å². The molecule has 0 heterocycles. The van der Waals surface area contributed by atoms with Gasteiger partial charge < -0.3 is 4.57 Å². The SMILES string of the molecule is CCCCCCCCCC(=O)CCC(=O)CCC(=O)CCP(C)(C)=O. The van der Waals surface area contributed by atoms with E-state index in [0.29, 0.717) is 19.0 Å². The third-order valence-corrected chi connectivity index (χ3v) is 5.65. The van der Waals surface area contributed by atoms with E-state index in [0.717, 1.165) is 12.8 Å². The minimum Gasteiger partial charge on any atom is -0.324 e. The summed E-state index contributed by atoms with van der Waals surface area (Å²) in [6, 6.07) is 0. The van der Waals surface area contributed by atoms with Crippen molar-refractivity contribution in [2.45, 2.75) is 90.4 Å². The number of ketones is 3. The maximum Gasteiger partial charge on any atom is 0.133 e. The molecule has 0 amide bonds. The summed E-state index contributed by atoms with van der Waals surface area (Å²) in [5.74, 6) is 0.134. The summed E-state index contributed by atoms with van der Waals surface area (Å²) in [7, 11) is -2.17. The maximum atomic E-state index is 11.8. The van der Waals surface area contributed by atoms with Crippen molar-refractivity contribution >= 4 is 24.5 Å². The third kappa shape index (κ3) is 17.8. The Morgan fingerprint density at radius 3 is 1.48 bits per heavy atom. The van der Waals surface area contributed by atoms with Gasteiger partial charge >= 0.3 is 0 Å². The van der Waals surface area contributed by atoms with Crippen LogP contribution in [0.25, 0.3) is 0 Å². The lowest BCUT2D eigenvalue weighted by Gasteiger charge is -2.05. The molecule has 0 aliphatic carbocycles. The lowest BCUT2D eigenvalue weighted by molar-refractivity contribution is -0.126. The molecular weight excluding hydrogens is 335 g/mol. The molecule has 0 saturated carbocycles. The number of hydrogen-bond acceptors (Lipinski definition) is 4. The Kier molecular flexibility index (Phi) is 14.0. The van der Waals surface area contributed by atoms with Gasteiger partial charge in [0.05, 0.1) is 7.14 Å². The van der Waals surface area contributed by atoms with Gasteiger partial charge in [0.15, 0.2) is 0 Å². The fraction of sp³-hybridized carbons (Fsp3) is 0.850. The summed E-state index contributed by atoms with van der Waals surface area (Å²) in [4.78, 5) is 35.2. The number of hydrogen-bond donors (Lipinski definition) is 0. The molecule has 0 bridgehead atoms. The summed E-state index contributed by atoms with van der Waals surface area (Å²) >= 11 is 0. The quantitative estimate of drug-likeness (QED) is 0.253. The summed E-state index contributed by atoms with van der Waals surface area (Å²) in [5, 5.41) is 0. The topological polar surface area (TPSA) is 68.3 Å². The van der Waals surface area contributed by atoms with E-state index in [4.69, 9.17) is 0 Å². The van der Waals surface area contributed by atoms with Crippen molar-refractivity contribution in [3.05, 3.63) is 0 Å². The molecule has 0 atom stereocenters. The number of carbonyl (C=O) groups is 3. The molecule has 0 aromatic rings. The lowest BCUT2D eigenvalue weighted by atomic mass is 10.0. The molecule has 4 nitrogen and oxygen atoms in total. The Labute approximate surface area is 153 Å². The zero-order valence-electron chi connectivity index (χ0n) is 16.5. The molecule has 0 aliphatic rings. The predicted octanol–water partition coefficient (Wildman–Crippen LogP) is 5.41. The number of Topliss-reactive ketones (excluding diaryl/α,β-unsaturated/α-hetero) is 3. The average molecular weight is 372 g/mol. The van der Waals surface area contributed by atoms with Gasteiger partial charge in [-0.2, -0.15) is 0 Å². The van der Waals surface area contributed by atoms with Crippen LogP contribution < -0.4 is 0 Å². The first kappa shape index (κ1) is 24.2. The van der Waals surface area contributed by atoms with E-state index in [1.165, 1.54) is 32.1 Å². The van der Waals surface area contributed by atoms with Gasteiger partial charge in [-0.05, 0) is 19.8 Å². The molecule has 0 saturated heterocycles. The minimum absolute atomic E-state index is 0.00771. The molecule has 25 heavy (non-hydrogen) atoms. The van der Waals surface area contributed by atoms with Crippen molar-refractivity contribution in [3.63, 3.8) is 0 Å². The molecule has 0 radical (unpaired) electrons. The monoisotopic (exact) mass is 372 g/mol. The van der Waals surface area contributed by atoms with Gasteiger partial charge in [-0.3, -0.25) is 14.4 Å². The highest BCUT2D eigenvalue weighted by Gasteiger charge is 2.13. The van der Waals surface area contributed by atoms with E-state index in [9.17, 15) is 18.9 Å². The van der Waals surface area contributed by atoms with Gasteiger partial charge in [0, 0.05) is 44.7 Å². The summed E-state index contributed by atoms with van der Waals surface area (Å²) in [6.45, 7) is 5.54. The molecule has 0 aliphatic heterocycles. The van der Waals surface area contributed by atoms with E-state index in [2.05, 4.69) is 6.92 Å². The zero-order chi connectivity index (χ0) is 19.1. The first-order valence-electron chi connectivity index (χ1n) is 9.83. The summed E-state index contributed by atoms with van der Waals surface area (Å²) in [6.07, 6.45) is 10.5. The van der Waals surface area contributed by atoms with Gasteiger partial charge in [0.2, 0.25) is 0 Å². The van der Waals surface area contributed by atoms with Crippen LogP contribution in [-0.4, -0.2) is 36.8 Å². The molecule has 0 spiro atoms.